The standard InChI is InChI=1S/C19H29N3O2/c1-13-10-22(4)11-16(13)21-18(23)19(2,3)12-24-17-15(14-7-8-14)6-5-9-20-17/h5-6,9,13-14,16H,7-8,10-12H2,1-4H3,(H,21,23)/t13-,16-/m0/s1. The predicted molar refractivity (Wildman–Crippen MR) is 94.1 cm³/mol. The Morgan fingerprint density at radius 2 is 2.17 bits per heavy atom. The summed E-state index contributed by atoms with van der Waals surface area (Å²) in [5, 5.41) is 3.20. The Hall–Kier alpha value is -1.62. The van der Waals surface area contributed by atoms with Gasteiger partial charge in [-0.2, -0.15) is 0 Å². The number of likely N-dealkylation sites (N-methyl/N-ethyl adjacent to an activating group) is 1. The van der Waals surface area contributed by atoms with Crippen molar-refractivity contribution in [3.8, 4) is 5.88 Å². The SMILES string of the molecule is C[C@H]1CN(C)C[C@@H]1NC(=O)C(C)(C)COc1ncccc1C1CC1. The molecule has 1 aliphatic carbocycles. The normalized spacial score (nSPS) is 24.8. The summed E-state index contributed by atoms with van der Waals surface area (Å²) in [6.45, 7) is 8.34. The number of amides is 1. The molecular formula is C19H29N3O2. The number of aromatic nitrogens is 1. The minimum Gasteiger partial charge on any atom is -0.476 e. The molecule has 24 heavy (non-hydrogen) atoms. The highest BCUT2D eigenvalue weighted by Gasteiger charge is 2.35. The first-order chi connectivity index (χ1) is 11.4. The first kappa shape index (κ1) is 17.2. The number of pyridine rings is 1. The first-order valence-electron chi connectivity index (χ1n) is 8.94. The van der Waals surface area contributed by atoms with Crippen molar-refractivity contribution in [1.82, 2.24) is 15.2 Å². The van der Waals surface area contributed by atoms with Crippen LogP contribution >= 0.6 is 0 Å². The summed E-state index contributed by atoms with van der Waals surface area (Å²) < 4.78 is 5.95. The summed E-state index contributed by atoms with van der Waals surface area (Å²) in [4.78, 5) is 19.3. The van der Waals surface area contributed by atoms with Gasteiger partial charge in [0.1, 0.15) is 6.61 Å². The Balaban J connectivity index is 1.58. The Kier molecular flexibility index (Phi) is 4.81. The monoisotopic (exact) mass is 331 g/mol. The van der Waals surface area contributed by atoms with E-state index in [1.54, 1.807) is 6.20 Å². The van der Waals surface area contributed by atoms with E-state index < -0.39 is 5.41 Å². The molecule has 132 valence electrons. The van der Waals surface area contributed by atoms with Crippen molar-refractivity contribution in [3.63, 3.8) is 0 Å². The molecule has 3 rings (SSSR count). The first-order valence-corrected chi connectivity index (χ1v) is 8.94. The number of nitrogens with zero attached hydrogens (tertiary/aromatic N) is 2. The second-order valence-electron chi connectivity index (χ2n) is 8.12. The zero-order valence-electron chi connectivity index (χ0n) is 15.2. The van der Waals surface area contributed by atoms with Gasteiger partial charge in [0, 0.05) is 30.9 Å². The molecule has 1 saturated carbocycles. The quantitative estimate of drug-likeness (QED) is 0.870. The van der Waals surface area contributed by atoms with Crippen molar-refractivity contribution >= 4 is 5.91 Å². The van der Waals surface area contributed by atoms with Gasteiger partial charge in [0.05, 0.1) is 5.41 Å². The van der Waals surface area contributed by atoms with E-state index in [2.05, 4.69) is 35.2 Å². The van der Waals surface area contributed by atoms with E-state index in [1.807, 2.05) is 19.9 Å². The Morgan fingerprint density at radius 3 is 2.79 bits per heavy atom. The van der Waals surface area contributed by atoms with E-state index in [0.717, 1.165) is 13.1 Å². The van der Waals surface area contributed by atoms with Crippen molar-refractivity contribution in [3.05, 3.63) is 23.9 Å². The minimum absolute atomic E-state index is 0.0542. The fraction of sp³-hybridized carbons (Fsp3) is 0.684. The number of hydrogen-bond acceptors (Lipinski definition) is 4. The van der Waals surface area contributed by atoms with Crippen molar-refractivity contribution in [2.24, 2.45) is 11.3 Å². The molecule has 1 amide bonds. The Labute approximate surface area is 144 Å². The lowest BCUT2D eigenvalue weighted by Crippen LogP contribution is -2.48. The average Bonchev–Trinajstić information content (AvgIpc) is 3.32. The maximum atomic E-state index is 12.7. The molecule has 1 aliphatic heterocycles. The van der Waals surface area contributed by atoms with Gasteiger partial charge >= 0.3 is 0 Å². The number of likely N-dealkylation sites (tertiary alicyclic amines) is 1. The van der Waals surface area contributed by atoms with Gasteiger partial charge in [-0.05, 0) is 51.6 Å². The summed E-state index contributed by atoms with van der Waals surface area (Å²) in [6.07, 6.45) is 4.17. The lowest BCUT2D eigenvalue weighted by Gasteiger charge is -2.27. The minimum atomic E-state index is -0.584. The third-order valence-corrected chi connectivity index (χ3v) is 5.11. The molecule has 0 radical (unpaired) electrons. The van der Waals surface area contributed by atoms with Crippen molar-refractivity contribution < 1.29 is 9.53 Å². The van der Waals surface area contributed by atoms with E-state index >= 15 is 0 Å². The number of hydrogen-bond donors (Lipinski definition) is 1. The molecule has 0 unspecified atom stereocenters. The molecule has 5 heteroatoms. The van der Waals surface area contributed by atoms with Crippen LogP contribution in [-0.2, 0) is 4.79 Å². The second kappa shape index (κ2) is 6.71. The molecule has 0 spiro atoms. The highest BCUT2D eigenvalue weighted by atomic mass is 16.5. The molecule has 2 heterocycles. The summed E-state index contributed by atoms with van der Waals surface area (Å²) in [5.74, 6) is 1.81. The van der Waals surface area contributed by atoms with E-state index in [0.29, 0.717) is 24.3 Å². The molecule has 1 aromatic rings. The van der Waals surface area contributed by atoms with Gasteiger partial charge in [0.25, 0.3) is 0 Å². The molecule has 0 bridgehead atoms. The topological polar surface area (TPSA) is 54.5 Å². The van der Waals surface area contributed by atoms with Crippen LogP contribution in [0.3, 0.4) is 0 Å². The second-order valence-corrected chi connectivity index (χ2v) is 8.12. The Bertz CT molecular complexity index is 598. The number of ether oxygens (including phenoxy) is 1. The predicted octanol–water partition coefficient (Wildman–Crippen LogP) is 2.43. The number of carbonyl (C=O) groups excluding carboxylic acids is 1. The molecule has 2 atom stereocenters. The largest absolute Gasteiger partial charge is 0.476 e. The summed E-state index contributed by atoms with van der Waals surface area (Å²) in [7, 11) is 2.09. The van der Waals surface area contributed by atoms with E-state index in [9.17, 15) is 4.79 Å². The summed E-state index contributed by atoms with van der Waals surface area (Å²) in [5.41, 5.74) is 0.596. The van der Waals surface area contributed by atoms with Gasteiger partial charge in [-0.1, -0.05) is 13.0 Å². The van der Waals surface area contributed by atoms with Crippen LogP contribution in [0.25, 0.3) is 0 Å². The smallest absolute Gasteiger partial charge is 0.229 e. The third kappa shape index (κ3) is 3.89. The van der Waals surface area contributed by atoms with Crippen molar-refractivity contribution in [2.45, 2.75) is 45.6 Å². The highest BCUT2D eigenvalue weighted by Crippen LogP contribution is 2.43. The molecule has 1 saturated heterocycles. The van der Waals surface area contributed by atoms with Crippen LogP contribution in [0, 0.1) is 11.3 Å². The van der Waals surface area contributed by atoms with Gasteiger partial charge in [-0.25, -0.2) is 4.98 Å². The fourth-order valence-corrected chi connectivity index (χ4v) is 3.30. The molecule has 1 aromatic heterocycles. The van der Waals surface area contributed by atoms with Gasteiger partial charge in [-0.3, -0.25) is 4.79 Å². The van der Waals surface area contributed by atoms with Crippen LogP contribution in [0.2, 0.25) is 0 Å². The average molecular weight is 331 g/mol. The highest BCUT2D eigenvalue weighted by molar-refractivity contribution is 5.82. The van der Waals surface area contributed by atoms with Gasteiger partial charge in [-0.15, -0.1) is 0 Å². The van der Waals surface area contributed by atoms with Gasteiger partial charge < -0.3 is 15.0 Å². The zero-order chi connectivity index (χ0) is 17.3. The molecule has 0 aromatic carbocycles. The van der Waals surface area contributed by atoms with Crippen LogP contribution in [-0.4, -0.2) is 48.6 Å². The Morgan fingerprint density at radius 1 is 1.42 bits per heavy atom. The van der Waals surface area contributed by atoms with Crippen LogP contribution in [0.5, 0.6) is 5.88 Å². The van der Waals surface area contributed by atoms with E-state index in [1.165, 1.54) is 18.4 Å². The summed E-state index contributed by atoms with van der Waals surface area (Å²) in [6, 6.07) is 4.26. The van der Waals surface area contributed by atoms with Gasteiger partial charge in [0.2, 0.25) is 11.8 Å². The van der Waals surface area contributed by atoms with E-state index in [-0.39, 0.29) is 11.9 Å². The maximum Gasteiger partial charge on any atom is 0.229 e. The third-order valence-electron chi connectivity index (χ3n) is 5.11. The lowest BCUT2D eigenvalue weighted by molar-refractivity contribution is -0.131. The summed E-state index contributed by atoms with van der Waals surface area (Å²) >= 11 is 0. The molecule has 5 nitrogen and oxygen atoms in total. The molecule has 2 fully saturated rings. The van der Waals surface area contributed by atoms with Crippen LogP contribution < -0.4 is 10.1 Å². The zero-order valence-corrected chi connectivity index (χ0v) is 15.2. The molecule has 1 N–H and O–H groups in total. The van der Waals surface area contributed by atoms with Crippen molar-refractivity contribution in [1.29, 1.82) is 0 Å². The van der Waals surface area contributed by atoms with Crippen LogP contribution in [0.1, 0.15) is 45.1 Å². The number of carbonyl (C=O) groups is 1. The lowest BCUT2D eigenvalue weighted by atomic mass is 9.92. The van der Waals surface area contributed by atoms with Crippen LogP contribution in [0.15, 0.2) is 18.3 Å². The fourth-order valence-electron chi connectivity index (χ4n) is 3.30. The van der Waals surface area contributed by atoms with Crippen molar-refractivity contribution in [2.75, 3.05) is 26.7 Å². The molecule has 2 aliphatic rings. The van der Waals surface area contributed by atoms with Gasteiger partial charge in [0.15, 0.2) is 0 Å². The number of rotatable bonds is 6. The molecular weight excluding hydrogens is 302 g/mol. The maximum absolute atomic E-state index is 12.7. The van der Waals surface area contributed by atoms with E-state index in [4.69, 9.17) is 4.74 Å². The van der Waals surface area contributed by atoms with Crippen LogP contribution in [0.4, 0.5) is 0 Å². The number of nitrogens with one attached hydrogen (secondary N) is 1.